The largest absolute Gasteiger partial charge is 0.416 e. The lowest BCUT2D eigenvalue weighted by molar-refractivity contribution is -0.138. The first kappa shape index (κ1) is 19.9. The molecular weight excluding hydrogens is 369 g/mol. The number of carbonyl (C=O) groups excluding carboxylic acids is 2. The smallest absolute Gasteiger partial charge is 0.325 e. The summed E-state index contributed by atoms with van der Waals surface area (Å²) in [5.74, 6) is -0.895. The predicted octanol–water partition coefficient (Wildman–Crippen LogP) is 4.79. The topological polar surface area (TPSA) is 49.4 Å². The van der Waals surface area contributed by atoms with Crippen LogP contribution in [0.1, 0.15) is 30.9 Å². The number of alkyl halides is 3. The second-order valence-corrected chi connectivity index (χ2v) is 7.00. The highest BCUT2D eigenvalue weighted by Gasteiger charge is 2.58. The maximum absolute atomic E-state index is 13.1. The molecule has 1 aliphatic rings. The molecule has 0 bridgehead atoms. The van der Waals surface area contributed by atoms with Crippen LogP contribution in [0.2, 0.25) is 0 Å². The summed E-state index contributed by atoms with van der Waals surface area (Å²) < 4.78 is 38.6. The van der Waals surface area contributed by atoms with Gasteiger partial charge in [-0.2, -0.15) is 13.2 Å². The highest BCUT2D eigenvalue weighted by molar-refractivity contribution is 6.17. The zero-order valence-electron chi connectivity index (χ0n) is 15.6. The standard InChI is InChI=1S/C21H21F3N2O2/c1-3-26(17-9-4-6-14(2)12-17)19(28)20(10-11-20)18(27)25-16-8-5-7-15(13-16)21(22,23)24/h4-9,12-13H,3,10-11H2,1-2H3,(H,25,27). The lowest BCUT2D eigenvalue weighted by atomic mass is 10.0. The highest BCUT2D eigenvalue weighted by atomic mass is 19.4. The van der Waals surface area contributed by atoms with Gasteiger partial charge in [0.2, 0.25) is 11.8 Å². The van der Waals surface area contributed by atoms with Crippen molar-refractivity contribution in [2.45, 2.75) is 32.9 Å². The van der Waals surface area contributed by atoms with Crippen LogP contribution in [0.3, 0.4) is 0 Å². The van der Waals surface area contributed by atoms with Gasteiger partial charge in [-0.15, -0.1) is 0 Å². The molecule has 2 amide bonds. The molecular formula is C21H21F3N2O2. The molecule has 1 N–H and O–H groups in total. The van der Waals surface area contributed by atoms with E-state index in [9.17, 15) is 22.8 Å². The van der Waals surface area contributed by atoms with Crippen LogP contribution in [-0.2, 0) is 15.8 Å². The number of hydrogen-bond donors (Lipinski definition) is 1. The minimum Gasteiger partial charge on any atom is -0.325 e. The zero-order valence-corrected chi connectivity index (χ0v) is 15.6. The molecule has 3 rings (SSSR count). The lowest BCUT2D eigenvalue weighted by Crippen LogP contribution is -2.43. The molecule has 1 saturated carbocycles. The van der Waals surface area contributed by atoms with Crippen molar-refractivity contribution >= 4 is 23.2 Å². The molecule has 0 spiro atoms. The van der Waals surface area contributed by atoms with E-state index >= 15 is 0 Å². The van der Waals surface area contributed by atoms with Gasteiger partial charge in [-0.25, -0.2) is 0 Å². The van der Waals surface area contributed by atoms with E-state index in [-0.39, 0.29) is 11.6 Å². The van der Waals surface area contributed by atoms with E-state index < -0.39 is 23.1 Å². The SMILES string of the molecule is CCN(C(=O)C1(C(=O)Nc2cccc(C(F)(F)F)c2)CC1)c1cccc(C)c1. The monoisotopic (exact) mass is 390 g/mol. The molecule has 2 aromatic carbocycles. The Morgan fingerprint density at radius 2 is 1.79 bits per heavy atom. The van der Waals surface area contributed by atoms with Crippen LogP contribution < -0.4 is 10.2 Å². The minimum atomic E-state index is -4.50. The Morgan fingerprint density at radius 3 is 2.36 bits per heavy atom. The van der Waals surface area contributed by atoms with Crippen molar-refractivity contribution in [3.05, 3.63) is 59.7 Å². The van der Waals surface area contributed by atoms with E-state index in [1.54, 1.807) is 11.0 Å². The third kappa shape index (κ3) is 3.88. The van der Waals surface area contributed by atoms with E-state index in [4.69, 9.17) is 0 Å². The number of nitrogens with zero attached hydrogens (tertiary/aromatic N) is 1. The fourth-order valence-electron chi connectivity index (χ4n) is 3.18. The van der Waals surface area contributed by atoms with E-state index in [0.29, 0.717) is 25.1 Å². The average Bonchev–Trinajstić information content (AvgIpc) is 3.44. The number of hydrogen-bond acceptors (Lipinski definition) is 2. The third-order valence-corrected chi connectivity index (χ3v) is 4.92. The van der Waals surface area contributed by atoms with Crippen molar-refractivity contribution in [3.8, 4) is 0 Å². The third-order valence-electron chi connectivity index (χ3n) is 4.92. The van der Waals surface area contributed by atoms with E-state index in [1.807, 2.05) is 32.0 Å². The number of amides is 2. The van der Waals surface area contributed by atoms with E-state index in [2.05, 4.69) is 5.32 Å². The molecule has 7 heteroatoms. The lowest BCUT2D eigenvalue weighted by Gasteiger charge is -2.26. The van der Waals surface area contributed by atoms with Gasteiger partial charge in [0, 0.05) is 17.9 Å². The molecule has 2 aromatic rings. The maximum Gasteiger partial charge on any atom is 0.416 e. The molecule has 0 aliphatic heterocycles. The van der Waals surface area contributed by atoms with Crippen LogP contribution in [0.25, 0.3) is 0 Å². The Balaban J connectivity index is 1.81. The van der Waals surface area contributed by atoms with Gasteiger partial charge < -0.3 is 10.2 Å². The van der Waals surface area contributed by atoms with Gasteiger partial charge in [-0.1, -0.05) is 18.2 Å². The molecule has 0 unspecified atom stereocenters. The van der Waals surface area contributed by atoms with Crippen molar-refractivity contribution in [1.29, 1.82) is 0 Å². The molecule has 0 radical (unpaired) electrons. The average molecular weight is 390 g/mol. The summed E-state index contributed by atoms with van der Waals surface area (Å²) in [7, 11) is 0. The molecule has 1 aliphatic carbocycles. The second-order valence-electron chi connectivity index (χ2n) is 7.00. The molecule has 0 atom stereocenters. The number of benzene rings is 2. The van der Waals surface area contributed by atoms with Gasteiger partial charge in [0.15, 0.2) is 0 Å². The van der Waals surface area contributed by atoms with Crippen LogP contribution >= 0.6 is 0 Å². The van der Waals surface area contributed by atoms with E-state index in [0.717, 1.165) is 17.7 Å². The minimum absolute atomic E-state index is 0.0255. The molecule has 28 heavy (non-hydrogen) atoms. The summed E-state index contributed by atoms with van der Waals surface area (Å²) in [6, 6.07) is 11.8. The summed E-state index contributed by atoms with van der Waals surface area (Å²) in [4.78, 5) is 27.4. The van der Waals surface area contributed by atoms with Gasteiger partial charge in [-0.3, -0.25) is 9.59 Å². The van der Waals surface area contributed by atoms with Crippen LogP contribution in [-0.4, -0.2) is 18.4 Å². The molecule has 4 nitrogen and oxygen atoms in total. The number of carbonyl (C=O) groups is 2. The van der Waals surface area contributed by atoms with Gasteiger partial charge in [-0.05, 0) is 62.6 Å². The Bertz CT molecular complexity index is 905. The Hall–Kier alpha value is -2.83. The molecule has 0 aromatic heterocycles. The summed E-state index contributed by atoms with van der Waals surface area (Å²) in [5, 5.41) is 2.49. The Labute approximate surface area is 161 Å². The van der Waals surface area contributed by atoms with Gasteiger partial charge in [0.25, 0.3) is 0 Å². The number of aryl methyl sites for hydroxylation is 1. The van der Waals surface area contributed by atoms with E-state index in [1.165, 1.54) is 12.1 Å². The van der Waals surface area contributed by atoms with Crippen LogP contribution in [0, 0.1) is 12.3 Å². The summed E-state index contributed by atoms with van der Waals surface area (Å²) in [5.41, 5.74) is -0.366. The fraction of sp³-hybridized carbons (Fsp3) is 0.333. The summed E-state index contributed by atoms with van der Waals surface area (Å²) >= 11 is 0. The number of nitrogens with one attached hydrogen (secondary N) is 1. The molecule has 148 valence electrons. The normalized spacial score (nSPS) is 15.0. The van der Waals surface area contributed by atoms with Crippen LogP contribution in [0.15, 0.2) is 48.5 Å². The van der Waals surface area contributed by atoms with Crippen LogP contribution in [0.5, 0.6) is 0 Å². The number of anilines is 2. The second kappa shape index (κ2) is 7.30. The first-order valence-corrected chi connectivity index (χ1v) is 9.05. The van der Waals surface area contributed by atoms with Gasteiger partial charge in [0.1, 0.15) is 5.41 Å². The highest BCUT2D eigenvalue weighted by Crippen LogP contribution is 2.49. The predicted molar refractivity (Wildman–Crippen MR) is 101 cm³/mol. The van der Waals surface area contributed by atoms with Crippen molar-refractivity contribution in [3.63, 3.8) is 0 Å². The summed E-state index contributed by atoms with van der Waals surface area (Å²) in [6.07, 6.45) is -3.75. The number of halogens is 3. The van der Waals surface area contributed by atoms with Crippen molar-refractivity contribution in [2.75, 3.05) is 16.8 Å². The first-order chi connectivity index (χ1) is 13.2. The van der Waals surface area contributed by atoms with Crippen molar-refractivity contribution < 1.29 is 22.8 Å². The fourth-order valence-corrected chi connectivity index (χ4v) is 3.18. The zero-order chi connectivity index (χ0) is 20.5. The molecule has 0 heterocycles. The van der Waals surface area contributed by atoms with Crippen molar-refractivity contribution in [2.24, 2.45) is 5.41 Å². The summed E-state index contributed by atoms with van der Waals surface area (Å²) in [6.45, 7) is 4.12. The Kier molecular flexibility index (Phi) is 5.19. The van der Waals surface area contributed by atoms with Gasteiger partial charge >= 0.3 is 6.18 Å². The van der Waals surface area contributed by atoms with Gasteiger partial charge in [0.05, 0.1) is 5.56 Å². The maximum atomic E-state index is 13.1. The number of rotatable bonds is 5. The van der Waals surface area contributed by atoms with Crippen molar-refractivity contribution in [1.82, 2.24) is 0 Å². The Morgan fingerprint density at radius 1 is 1.11 bits per heavy atom. The molecule has 0 saturated heterocycles. The molecule has 1 fully saturated rings. The van der Waals surface area contributed by atoms with Crippen LogP contribution in [0.4, 0.5) is 24.5 Å². The quantitative estimate of drug-likeness (QED) is 0.747. The first-order valence-electron chi connectivity index (χ1n) is 9.05.